The van der Waals surface area contributed by atoms with Crippen LogP contribution in [0.25, 0.3) is 0 Å². The summed E-state index contributed by atoms with van der Waals surface area (Å²) in [6.07, 6.45) is 7.70. The summed E-state index contributed by atoms with van der Waals surface area (Å²) in [6.45, 7) is 2.41. The first kappa shape index (κ1) is 16.9. The summed E-state index contributed by atoms with van der Waals surface area (Å²) in [5, 5.41) is 9.82. The zero-order chi connectivity index (χ0) is 15.5. The summed E-state index contributed by atoms with van der Waals surface area (Å²) < 4.78 is 29.6. The van der Waals surface area contributed by atoms with Gasteiger partial charge in [0.15, 0.2) is 0 Å². The molecule has 7 heteroatoms. The lowest BCUT2D eigenvalue weighted by Gasteiger charge is -2.28. The number of aromatic nitrogens is 1. The number of aryl methyl sites for hydroxylation is 1. The normalized spacial score (nSPS) is 23.4. The van der Waals surface area contributed by atoms with Crippen LogP contribution in [0.15, 0.2) is 17.2 Å². The van der Waals surface area contributed by atoms with Crippen LogP contribution in [0.3, 0.4) is 0 Å². The largest absolute Gasteiger partial charge is 0.390 e. The molecule has 2 atom stereocenters. The summed E-state index contributed by atoms with van der Waals surface area (Å²) in [7, 11) is -3.50. The van der Waals surface area contributed by atoms with E-state index < -0.39 is 10.0 Å². The van der Waals surface area contributed by atoms with Gasteiger partial charge in [0.25, 0.3) is 0 Å². The number of nitrogens with zero attached hydrogens (tertiary/aromatic N) is 1. The fourth-order valence-corrected chi connectivity index (χ4v) is 5.03. The van der Waals surface area contributed by atoms with Crippen molar-refractivity contribution in [3.05, 3.63) is 18.0 Å². The van der Waals surface area contributed by atoms with E-state index in [9.17, 15) is 13.5 Å². The van der Waals surface area contributed by atoms with E-state index in [1.807, 2.05) is 18.7 Å². The van der Waals surface area contributed by atoms with Crippen LogP contribution in [-0.4, -0.2) is 35.6 Å². The molecular formula is C14H24N2O3S2. The molecular weight excluding hydrogens is 308 g/mol. The van der Waals surface area contributed by atoms with E-state index >= 15 is 0 Å². The Kier molecular flexibility index (Phi) is 5.76. The van der Waals surface area contributed by atoms with Crippen LogP contribution in [0.5, 0.6) is 0 Å². The van der Waals surface area contributed by atoms with Gasteiger partial charge in [0.1, 0.15) is 0 Å². The highest BCUT2D eigenvalue weighted by atomic mass is 32.2. The van der Waals surface area contributed by atoms with Crippen molar-refractivity contribution in [1.82, 2.24) is 9.29 Å². The van der Waals surface area contributed by atoms with Crippen molar-refractivity contribution in [2.75, 3.05) is 6.26 Å². The quantitative estimate of drug-likeness (QED) is 0.835. The third-order valence-corrected chi connectivity index (χ3v) is 6.64. The van der Waals surface area contributed by atoms with E-state index in [0.29, 0.717) is 17.5 Å². The standard InChI is InChI=1S/C14H24N2O3S2/c1-3-16-9-14(8-12(16)10-17)21(18,19)15-11-5-4-6-13(7-11)20-2/h8-9,11,13,15,17H,3-7,10H2,1-2H3. The second-order valence-electron chi connectivity index (χ2n) is 5.45. The van der Waals surface area contributed by atoms with Crippen molar-refractivity contribution in [3.63, 3.8) is 0 Å². The molecule has 0 spiro atoms. The Morgan fingerprint density at radius 1 is 1.48 bits per heavy atom. The summed E-state index contributed by atoms with van der Waals surface area (Å²) in [5.41, 5.74) is 0.628. The van der Waals surface area contributed by atoms with Gasteiger partial charge in [-0.25, -0.2) is 13.1 Å². The molecule has 21 heavy (non-hydrogen) atoms. The molecule has 5 nitrogen and oxygen atoms in total. The molecule has 1 saturated carbocycles. The van der Waals surface area contributed by atoms with E-state index in [-0.39, 0.29) is 17.5 Å². The predicted molar refractivity (Wildman–Crippen MR) is 85.9 cm³/mol. The first-order valence-electron chi connectivity index (χ1n) is 7.35. The number of hydrogen-bond donors (Lipinski definition) is 2. The SMILES string of the molecule is CCn1cc(S(=O)(=O)NC2CCCC(SC)C2)cc1CO. The van der Waals surface area contributed by atoms with Crippen molar-refractivity contribution < 1.29 is 13.5 Å². The molecule has 0 amide bonds. The highest BCUT2D eigenvalue weighted by Gasteiger charge is 2.27. The highest BCUT2D eigenvalue weighted by molar-refractivity contribution is 7.99. The van der Waals surface area contributed by atoms with Gasteiger partial charge in [-0.05, 0) is 38.5 Å². The number of aliphatic hydroxyl groups excluding tert-OH is 1. The zero-order valence-corrected chi connectivity index (χ0v) is 14.2. The lowest BCUT2D eigenvalue weighted by atomic mass is 9.96. The number of nitrogens with one attached hydrogen (secondary N) is 1. The van der Waals surface area contributed by atoms with Crippen LogP contribution < -0.4 is 4.72 Å². The first-order chi connectivity index (χ1) is 10.00. The smallest absolute Gasteiger partial charge is 0.242 e. The second kappa shape index (κ2) is 7.17. The Balaban J connectivity index is 2.12. The molecule has 0 bridgehead atoms. The average Bonchev–Trinajstić information content (AvgIpc) is 2.91. The maximum absolute atomic E-state index is 12.5. The third kappa shape index (κ3) is 4.03. The summed E-state index contributed by atoms with van der Waals surface area (Å²) in [6, 6.07) is 1.57. The molecule has 0 aliphatic heterocycles. The van der Waals surface area contributed by atoms with Gasteiger partial charge in [0.05, 0.1) is 11.5 Å². The van der Waals surface area contributed by atoms with E-state index in [2.05, 4.69) is 11.0 Å². The fraction of sp³-hybridized carbons (Fsp3) is 0.714. The van der Waals surface area contributed by atoms with Crippen LogP contribution in [0.1, 0.15) is 38.3 Å². The Bertz CT molecular complexity index is 547. The molecule has 1 aromatic rings. The van der Waals surface area contributed by atoms with Gasteiger partial charge in [-0.2, -0.15) is 11.8 Å². The maximum atomic E-state index is 12.5. The minimum Gasteiger partial charge on any atom is -0.390 e. The molecule has 2 unspecified atom stereocenters. The molecule has 120 valence electrons. The van der Waals surface area contributed by atoms with Crippen molar-refractivity contribution in [2.24, 2.45) is 0 Å². The Labute approximate surface area is 131 Å². The van der Waals surface area contributed by atoms with Gasteiger partial charge in [0.2, 0.25) is 10.0 Å². The predicted octanol–water partition coefficient (Wildman–Crippen LogP) is 1.95. The van der Waals surface area contributed by atoms with Gasteiger partial charge in [-0.3, -0.25) is 0 Å². The van der Waals surface area contributed by atoms with Crippen molar-refractivity contribution in [3.8, 4) is 0 Å². The molecule has 0 aromatic carbocycles. The Morgan fingerprint density at radius 2 is 2.24 bits per heavy atom. The van der Waals surface area contributed by atoms with Crippen LogP contribution in [0.2, 0.25) is 0 Å². The molecule has 0 radical (unpaired) electrons. The second-order valence-corrected chi connectivity index (χ2v) is 8.31. The van der Waals surface area contributed by atoms with Gasteiger partial charge in [-0.1, -0.05) is 6.42 Å². The van der Waals surface area contributed by atoms with Crippen LogP contribution in [0, 0.1) is 0 Å². The Hall–Kier alpha value is -0.500. The minimum atomic E-state index is -3.50. The first-order valence-corrected chi connectivity index (χ1v) is 10.1. The molecule has 1 heterocycles. The van der Waals surface area contributed by atoms with Crippen molar-refractivity contribution in [2.45, 2.75) is 61.9 Å². The number of thioether (sulfide) groups is 1. The van der Waals surface area contributed by atoms with Crippen molar-refractivity contribution >= 4 is 21.8 Å². The summed E-state index contributed by atoms with van der Waals surface area (Å²) in [5.74, 6) is 0. The van der Waals surface area contributed by atoms with E-state index in [0.717, 1.165) is 19.3 Å². The molecule has 1 aromatic heterocycles. The molecule has 2 N–H and O–H groups in total. The minimum absolute atomic E-state index is 0.0174. The van der Waals surface area contributed by atoms with Crippen LogP contribution in [-0.2, 0) is 23.2 Å². The van der Waals surface area contributed by atoms with Crippen LogP contribution >= 0.6 is 11.8 Å². The van der Waals surface area contributed by atoms with E-state index in [1.165, 1.54) is 6.42 Å². The van der Waals surface area contributed by atoms with Crippen LogP contribution in [0.4, 0.5) is 0 Å². The molecule has 1 fully saturated rings. The molecule has 2 rings (SSSR count). The lowest BCUT2D eigenvalue weighted by molar-refractivity contribution is 0.271. The number of rotatable bonds is 6. The molecule has 0 saturated heterocycles. The Morgan fingerprint density at radius 3 is 2.81 bits per heavy atom. The van der Waals surface area contributed by atoms with Gasteiger partial charge in [0, 0.05) is 29.7 Å². The van der Waals surface area contributed by atoms with Gasteiger partial charge in [-0.15, -0.1) is 0 Å². The zero-order valence-electron chi connectivity index (χ0n) is 12.6. The highest BCUT2D eigenvalue weighted by Crippen LogP contribution is 2.28. The number of aliphatic hydroxyl groups is 1. The molecule has 1 aliphatic carbocycles. The summed E-state index contributed by atoms with van der Waals surface area (Å²) in [4.78, 5) is 0.250. The monoisotopic (exact) mass is 332 g/mol. The third-order valence-electron chi connectivity index (χ3n) is 4.06. The number of hydrogen-bond acceptors (Lipinski definition) is 4. The topological polar surface area (TPSA) is 71.3 Å². The maximum Gasteiger partial charge on any atom is 0.242 e. The number of sulfonamides is 1. The lowest BCUT2D eigenvalue weighted by Crippen LogP contribution is -2.38. The fourth-order valence-electron chi connectivity index (χ4n) is 2.85. The van der Waals surface area contributed by atoms with Gasteiger partial charge < -0.3 is 9.67 Å². The van der Waals surface area contributed by atoms with Gasteiger partial charge >= 0.3 is 0 Å². The van der Waals surface area contributed by atoms with E-state index in [1.54, 1.807) is 16.8 Å². The summed E-state index contributed by atoms with van der Waals surface area (Å²) >= 11 is 1.81. The van der Waals surface area contributed by atoms with Crippen molar-refractivity contribution in [1.29, 1.82) is 0 Å². The average molecular weight is 332 g/mol. The molecule has 1 aliphatic rings. The van der Waals surface area contributed by atoms with E-state index in [4.69, 9.17) is 0 Å².